The first-order chi connectivity index (χ1) is 6.87. The molecule has 88 valence electrons. The van der Waals surface area contributed by atoms with Crippen LogP contribution in [0.25, 0.3) is 0 Å². The van der Waals surface area contributed by atoms with Gasteiger partial charge in [-0.25, -0.2) is 4.79 Å². The van der Waals surface area contributed by atoms with Crippen LogP contribution in [0.1, 0.15) is 12.8 Å². The van der Waals surface area contributed by atoms with E-state index >= 15 is 0 Å². The average Bonchev–Trinajstić information content (AvgIpc) is 2.06. The summed E-state index contributed by atoms with van der Waals surface area (Å²) >= 11 is 0. The highest BCUT2D eigenvalue weighted by molar-refractivity contribution is 5.73. The third-order valence-corrected chi connectivity index (χ3v) is 2.21. The molecule has 0 heterocycles. The maximum atomic E-state index is 11.7. The summed E-state index contributed by atoms with van der Waals surface area (Å²) in [6.45, 7) is -1.02. The highest BCUT2D eigenvalue weighted by atomic mass is 19.4. The van der Waals surface area contributed by atoms with Crippen LogP contribution in [0.3, 0.4) is 0 Å². The van der Waals surface area contributed by atoms with Crippen LogP contribution < -0.4 is 10.6 Å². The van der Waals surface area contributed by atoms with Gasteiger partial charge in [0.1, 0.15) is 6.54 Å². The van der Waals surface area contributed by atoms with Gasteiger partial charge in [0.05, 0.1) is 6.10 Å². The zero-order chi connectivity index (χ0) is 11.5. The second-order valence-corrected chi connectivity index (χ2v) is 3.67. The summed E-state index contributed by atoms with van der Waals surface area (Å²) in [5.41, 5.74) is 0. The van der Waals surface area contributed by atoms with Gasteiger partial charge in [0.25, 0.3) is 0 Å². The van der Waals surface area contributed by atoms with Crippen LogP contribution >= 0.6 is 0 Å². The molecule has 4 nitrogen and oxygen atoms in total. The van der Waals surface area contributed by atoms with Gasteiger partial charge < -0.3 is 15.7 Å². The molecular weight excluding hydrogens is 213 g/mol. The van der Waals surface area contributed by atoms with Crippen molar-refractivity contribution in [1.29, 1.82) is 0 Å². The van der Waals surface area contributed by atoms with Gasteiger partial charge in [-0.15, -0.1) is 0 Å². The Hall–Kier alpha value is -0.980. The van der Waals surface area contributed by atoms with Gasteiger partial charge >= 0.3 is 12.2 Å². The van der Waals surface area contributed by atoms with E-state index in [-0.39, 0.29) is 12.0 Å². The molecular formula is C8H13F3N2O2. The molecule has 0 aromatic rings. The molecule has 0 saturated heterocycles. The second kappa shape index (κ2) is 4.69. The molecule has 0 spiro atoms. The van der Waals surface area contributed by atoms with Crippen molar-refractivity contribution >= 4 is 6.03 Å². The zero-order valence-electron chi connectivity index (χ0n) is 7.97. The molecule has 0 atom stereocenters. The number of hydrogen-bond donors (Lipinski definition) is 3. The fourth-order valence-electron chi connectivity index (χ4n) is 1.35. The lowest BCUT2D eigenvalue weighted by molar-refractivity contribution is -0.122. The van der Waals surface area contributed by atoms with Crippen molar-refractivity contribution in [3.05, 3.63) is 0 Å². The summed E-state index contributed by atoms with van der Waals surface area (Å²) in [6, 6.07) is -0.825. The Labute approximate surface area is 84.8 Å². The van der Waals surface area contributed by atoms with Gasteiger partial charge in [-0.2, -0.15) is 13.2 Å². The minimum Gasteiger partial charge on any atom is -0.393 e. The molecule has 1 rings (SSSR count). The molecule has 0 radical (unpaired) electrons. The lowest BCUT2D eigenvalue weighted by Crippen LogP contribution is -2.45. The normalized spacial score (nSPS) is 25.6. The van der Waals surface area contributed by atoms with Crippen LogP contribution in [0.4, 0.5) is 18.0 Å². The number of hydrogen-bond acceptors (Lipinski definition) is 2. The number of urea groups is 1. The summed E-state index contributed by atoms with van der Waals surface area (Å²) < 4.78 is 35.0. The maximum absolute atomic E-state index is 11.7. The topological polar surface area (TPSA) is 61.4 Å². The van der Waals surface area contributed by atoms with Gasteiger partial charge in [-0.3, -0.25) is 0 Å². The van der Waals surface area contributed by atoms with E-state index in [0.29, 0.717) is 19.4 Å². The molecule has 1 aliphatic rings. The van der Waals surface area contributed by atoms with Crippen molar-refractivity contribution in [2.75, 3.05) is 13.1 Å². The molecule has 0 unspecified atom stereocenters. The third-order valence-electron chi connectivity index (χ3n) is 2.21. The van der Waals surface area contributed by atoms with Crippen LogP contribution in [0.2, 0.25) is 0 Å². The average molecular weight is 226 g/mol. The first-order valence-electron chi connectivity index (χ1n) is 4.63. The van der Waals surface area contributed by atoms with E-state index in [1.165, 1.54) is 0 Å². The number of carbonyl (C=O) groups is 1. The zero-order valence-corrected chi connectivity index (χ0v) is 7.97. The molecule has 15 heavy (non-hydrogen) atoms. The number of aliphatic hydroxyl groups excluding tert-OH is 1. The van der Waals surface area contributed by atoms with Crippen LogP contribution in [0.15, 0.2) is 0 Å². The number of halogens is 3. The number of carbonyl (C=O) groups excluding carboxylic acids is 1. The van der Waals surface area contributed by atoms with Gasteiger partial charge in [0.2, 0.25) is 0 Å². The predicted octanol–water partition coefficient (Wildman–Crippen LogP) is 0.619. The van der Waals surface area contributed by atoms with Gasteiger partial charge in [-0.1, -0.05) is 0 Å². The van der Waals surface area contributed by atoms with Gasteiger partial charge in [0, 0.05) is 6.54 Å². The van der Waals surface area contributed by atoms with E-state index in [0.717, 1.165) is 0 Å². The summed E-state index contributed by atoms with van der Waals surface area (Å²) in [6.07, 6.45) is -3.52. The van der Waals surface area contributed by atoms with Crippen molar-refractivity contribution < 1.29 is 23.1 Å². The van der Waals surface area contributed by atoms with Gasteiger partial charge in [0.15, 0.2) is 0 Å². The molecule has 3 N–H and O–H groups in total. The number of rotatable bonds is 3. The highest BCUT2D eigenvalue weighted by Crippen LogP contribution is 2.25. The molecule has 0 aromatic carbocycles. The lowest BCUT2D eigenvalue weighted by Gasteiger charge is -2.31. The Morgan fingerprint density at radius 3 is 2.40 bits per heavy atom. The van der Waals surface area contributed by atoms with Crippen LogP contribution in [0.5, 0.6) is 0 Å². The molecule has 7 heteroatoms. The maximum Gasteiger partial charge on any atom is 0.405 e. The Kier molecular flexibility index (Phi) is 3.78. The smallest absolute Gasteiger partial charge is 0.393 e. The van der Waals surface area contributed by atoms with Crippen molar-refractivity contribution in [3.63, 3.8) is 0 Å². The molecule has 0 bridgehead atoms. The molecule has 1 fully saturated rings. The van der Waals surface area contributed by atoms with E-state index in [9.17, 15) is 18.0 Å². The highest BCUT2D eigenvalue weighted by Gasteiger charge is 2.29. The monoisotopic (exact) mass is 226 g/mol. The first kappa shape index (κ1) is 12.1. The molecule has 1 aliphatic carbocycles. The van der Waals surface area contributed by atoms with Crippen molar-refractivity contribution in [2.45, 2.75) is 25.1 Å². The first-order valence-corrected chi connectivity index (χ1v) is 4.63. The number of amides is 2. The number of nitrogens with one attached hydrogen (secondary N) is 2. The molecule has 1 saturated carbocycles. The van der Waals surface area contributed by atoms with E-state index < -0.39 is 18.8 Å². The van der Waals surface area contributed by atoms with Crippen LogP contribution in [-0.4, -0.2) is 36.5 Å². The SMILES string of the molecule is O=C(NCC1CC(O)C1)NCC(F)(F)F. The Morgan fingerprint density at radius 2 is 1.93 bits per heavy atom. The standard InChI is InChI=1S/C8H13F3N2O2/c9-8(10,11)4-13-7(15)12-3-5-1-6(14)2-5/h5-6,14H,1-4H2,(H2,12,13,15). The van der Waals surface area contributed by atoms with Gasteiger partial charge in [-0.05, 0) is 18.8 Å². The van der Waals surface area contributed by atoms with Crippen molar-refractivity contribution in [1.82, 2.24) is 10.6 Å². The summed E-state index contributed by atoms with van der Waals surface area (Å²) in [5.74, 6) is 0.177. The van der Waals surface area contributed by atoms with Crippen LogP contribution in [-0.2, 0) is 0 Å². The second-order valence-electron chi connectivity index (χ2n) is 3.67. The summed E-state index contributed by atoms with van der Waals surface area (Å²) in [4.78, 5) is 10.8. The number of alkyl halides is 3. The Balaban J connectivity index is 2.04. The third kappa shape index (κ3) is 4.87. The van der Waals surface area contributed by atoms with E-state index in [2.05, 4.69) is 5.32 Å². The minimum atomic E-state index is -4.38. The van der Waals surface area contributed by atoms with E-state index in [4.69, 9.17) is 5.11 Å². The van der Waals surface area contributed by atoms with Crippen molar-refractivity contribution in [2.24, 2.45) is 5.92 Å². The Morgan fingerprint density at radius 1 is 1.33 bits per heavy atom. The lowest BCUT2D eigenvalue weighted by atomic mass is 9.82. The summed E-state index contributed by atoms with van der Waals surface area (Å²) in [7, 11) is 0. The molecule has 0 aromatic heterocycles. The minimum absolute atomic E-state index is 0.177. The molecule has 0 aliphatic heterocycles. The summed E-state index contributed by atoms with van der Waals surface area (Å²) in [5, 5.41) is 12.9. The number of aliphatic hydroxyl groups is 1. The van der Waals surface area contributed by atoms with Crippen molar-refractivity contribution in [3.8, 4) is 0 Å². The fourth-order valence-corrected chi connectivity index (χ4v) is 1.35. The largest absolute Gasteiger partial charge is 0.405 e. The quantitative estimate of drug-likeness (QED) is 0.660. The van der Waals surface area contributed by atoms with E-state index in [1.54, 1.807) is 5.32 Å². The van der Waals surface area contributed by atoms with Crippen LogP contribution in [0, 0.1) is 5.92 Å². The predicted molar refractivity (Wildman–Crippen MR) is 46.2 cm³/mol. The van der Waals surface area contributed by atoms with E-state index in [1.807, 2.05) is 0 Å². The fraction of sp³-hybridized carbons (Fsp3) is 0.875. The molecule has 2 amide bonds. The Bertz CT molecular complexity index is 226.